The highest BCUT2D eigenvalue weighted by Gasteiger charge is 2.41. The Kier molecular flexibility index (Phi) is 8.19. The summed E-state index contributed by atoms with van der Waals surface area (Å²) >= 11 is 12.9. The quantitative estimate of drug-likeness (QED) is 0.186. The predicted molar refractivity (Wildman–Crippen MR) is 148 cm³/mol. The molecule has 13 heteroatoms. The normalized spacial score (nSPS) is 14.7. The van der Waals surface area contributed by atoms with Gasteiger partial charge in [-0.3, -0.25) is 4.79 Å². The Labute approximate surface area is 244 Å². The zero-order valence-corrected chi connectivity index (χ0v) is 23.6. The van der Waals surface area contributed by atoms with Crippen molar-refractivity contribution in [2.75, 3.05) is 6.61 Å². The highest BCUT2D eigenvalue weighted by molar-refractivity contribution is 6.33. The number of aromatic nitrogens is 4. The Morgan fingerprint density at radius 2 is 1.95 bits per heavy atom. The van der Waals surface area contributed by atoms with E-state index in [-0.39, 0.29) is 24.5 Å². The number of benzene rings is 2. The van der Waals surface area contributed by atoms with Crippen LogP contribution in [0.2, 0.25) is 10.0 Å². The minimum absolute atomic E-state index is 0.0177. The average molecular weight is 607 g/mol. The summed E-state index contributed by atoms with van der Waals surface area (Å²) in [4.78, 5) is 24.6. The molecule has 1 unspecified atom stereocenters. The first-order chi connectivity index (χ1) is 19.5. The Hall–Kier alpha value is -3.70. The molecule has 2 aromatic carbocycles. The summed E-state index contributed by atoms with van der Waals surface area (Å²) in [6.07, 6.45) is 3.44. The van der Waals surface area contributed by atoms with Gasteiger partial charge >= 0.3 is 12.6 Å². The molecule has 2 heterocycles. The third-order valence-electron chi connectivity index (χ3n) is 6.79. The van der Waals surface area contributed by atoms with E-state index in [9.17, 15) is 13.6 Å². The zero-order chi connectivity index (χ0) is 29.3. The molecule has 0 bridgehead atoms. The fourth-order valence-corrected chi connectivity index (χ4v) is 4.60. The number of nitrogens with zero attached hydrogens (tertiary/aromatic N) is 4. The summed E-state index contributed by atoms with van der Waals surface area (Å²) in [6.45, 7) is 0.762. The van der Waals surface area contributed by atoms with Gasteiger partial charge in [-0.2, -0.15) is 13.8 Å². The number of aliphatic carboxylic acids is 1. The SMILES string of the molecule is CC(CCOc1ccc(-c2nc3c(OC4(C)CC4)ncnc3n2Cc2cc(Cl)ccc2OC(F)F)c(Cl)c1)C(=O)O. The Morgan fingerprint density at radius 3 is 2.63 bits per heavy atom. The second-order valence-electron chi connectivity index (χ2n) is 10.1. The number of hydrogen-bond donors (Lipinski definition) is 1. The van der Waals surface area contributed by atoms with Crippen LogP contribution >= 0.6 is 23.2 Å². The first-order valence-corrected chi connectivity index (χ1v) is 13.6. The van der Waals surface area contributed by atoms with Crippen molar-refractivity contribution in [2.24, 2.45) is 5.92 Å². The first kappa shape index (κ1) is 28.8. The first-order valence-electron chi connectivity index (χ1n) is 12.8. The van der Waals surface area contributed by atoms with Crippen LogP contribution < -0.4 is 14.2 Å². The Bertz CT molecular complexity index is 1600. The molecule has 1 aliphatic carbocycles. The molecule has 41 heavy (non-hydrogen) atoms. The van der Waals surface area contributed by atoms with E-state index in [0.717, 1.165) is 12.8 Å². The van der Waals surface area contributed by atoms with Crippen LogP contribution in [-0.2, 0) is 11.3 Å². The van der Waals surface area contributed by atoms with Crippen LogP contribution in [0.4, 0.5) is 8.78 Å². The van der Waals surface area contributed by atoms with Crippen molar-refractivity contribution in [2.45, 2.75) is 51.9 Å². The molecule has 1 aliphatic rings. The average Bonchev–Trinajstić information content (AvgIpc) is 3.53. The van der Waals surface area contributed by atoms with Crippen molar-refractivity contribution in [3.63, 3.8) is 0 Å². The van der Waals surface area contributed by atoms with Crippen molar-refractivity contribution in [1.29, 1.82) is 0 Å². The number of halogens is 4. The maximum Gasteiger partial charge on any atom is 0.387 e. The number of fused-ring (bicyclic) bond motifs is 1. The number of rotatable bonds is 12. The van der Waals surface area contributed by atoms with Crippen LogP contribution in [0.1, 0.15) is 38.7 Å². The maximum atomic E-state index is 13.2. The van der Waals surface area contributed by atoms with Crippen LogP contribution in [0.15, 0.2) is 42.7 Å². The molecule has 1 atom stereocenters. The molecular weight excluding hydrogens is 581 g/mol. The monoisotopic (exact) mass is 606 g/mol. The molecule has 0 amide bonds. The van der Waals surface area contributed by atoms with E-state index >= 15 is 0 Å². The van der Waals surface area contributed by atoms with Crippen molar-refractivity contribution < 1.29 is 32.9 Å². The highest BCUT2D eigenvalue weighted by atomic mass is 35.5. The van der Waals surface area contributed by atoms with Gasteiger partial charge in [-0.1, -0.05) is 30.1 Å². The van der Waals surface area contributed by atoms with Gasteiger partial charge in [0.05, 0.1) is 24.1 Å². The lowest BCUT2D eigenvalue weighted by Crippen LogP contribution is -2.13. The lowest BCUT2D eigenvalue weighted by Gasteiger charge is -2.15. The van der Waals surface area contributed by atoms with Crippen LogP contribution in [0.25, 0.3) is 22.6 Å². The van der Waals surface area contributed by atoms with Crippen LogP contribution in [0.3, 0.4) is 0 Å². The summed E-state index contributed by atoms with van der Waals surface area (Å²) in [6, 6.07) is 9.38. The van der Waals surface area contributed by atoms with Gasteiger partial charge in [0.15, 0.2) is 11.2 Å². The van der Waals surface area contributed by atoms with Crippen LogP contribution in [0.5, 0.6) is 17.4 Å². The molecule has 0 aliphatic heterocycles. The van der Waals surface area contributed by atoms with Crippen LogP contribution in [0, 0.1) is 5.92 Å². The molecule has 1 saturated carbocycles. The lowest BCUT2D eigenvalue weighted by atomic mass is 10.1. The highest BCUT2D eigenvalue weighted by Crippen LogP contribution is 2.41. The van der Waals surface area contributed by atoms with Gasteiger partial charge in [0, 0.05) is 16.1 Å². The van der Waals surface area contributed by atoms with Crippen LogP contribution in [-0.4, -0.2) is 49.4 Å². The summed E-state index contributed by atoms with van der Waals surface area (Å²) in [5.74, 6) is -0.361. The number of hydrogen-bond acceptors (Lipinski definition) is 7. The van der Waals surface area contributed by atoms with E-state index < -0.39 is 18.5 Å². The van der Waals surface area contributed by atoms with Crippen molar-refractivity contribution in [3.05, 3.63) is 58.3 Å². The van der Waals surface area contributed by atoms with Crippen molar-refractivity contribution >= 4 is 40.3 Å². The molecule has 4 aromatic rings. The van der Waals surface area contributed by atoms with E-state index in [1.165, 1.54) is 24.5 Å². The zero-order valence-electron chi connectivity index (χ0n) is 22.1. The number of carboxylic acid groups (broad SMARTS) is 1. The molecule has 9 nitrogen and oxygen atoms in total. The minimum Gasteiger partial charge on any atom is -0.494 e. The van der Waals surface area contributed by atoms with Gasteiger partial charge in [-0.05, 0) is 62.6 Å². The summed E-state index contributed by atoms with van der Waals surface area (Å²) in [5, 5.41) is 9.72. The second-order valence-corrected chi connectivity index (χ2v) is 10.9. The van der Waals surface area contributed by atoms with Gasteiger partial charge in [-0.15, -0.1) is 0 Å². The molecule has 0 radical (unpaired) electrons. The van der Waals surface area contributed by atoms with Gasteiger partial charge in [-0.25, -0.2) is 9.97 Å². The molecule has 1 fully saturated rings. The number of carbonyl (C=O) groups is 1. The van der Waals surface area contributed by atoms with Crippen molar-refractivity contribution in [1.82, 2.24) is 19.5 Å². The topological polar surface area (TPSA) is 109 Å². The fourth-order valence-electron chi connectivity index (χ4n) is 4.15. The third-order valence-corrected chi connectivity index (χ3v) is 7.33. The summed E-state index contributed by atoms with van der Waals surface area (Å²) in [7, 11) is 0. The maximum absolute atomic E-state index is 13.2. The van der Waals surface area contributed by atoms with E-state index in [1.54, 1.807) is 29.7 Å². The van der Waals surface area contributed by atoms with E-state index in [4.69, 9.17) is 47.5 Å². The lowest BCUT2D eigenvalue weighted by molar-refractivity contribution is -0.141. The standard InChI is InChI=1S/C28H26Cl2F2N4O5/c1-15(26(37)38)7-10-39-18-4-5-19(20(30)12-18)23-35-22-24(33-14-34-25(22)41-28(2)8-9-28)36(23)13-16-11-17(29)3-6-21(16)40-27(31)32/h3-6,11-12,14-15,27H,7-10,13H2,1-2H3,(H,37,38). The Balaban J connectivity index is 1.56. The number of ether oxygens (including phenoxy) is 3. The van der Waals surface area contributed by atoms with Gasteiger partial charge in [0.2, 0.25) is 5.88 Å². The summed E-state index contributed by atoms with van der Waals surface area (Å²) < 4.78 is 44.7. The smallest absolute Gasteiger partial charge is 0.387 e. The summed E-state index contributed by atoms with van der Waals surface area (Å²) in [5.41, 5.74) is 1.32. The molecule has 1 N–H and O–H groups in total. The number of imidazole rings is 1. The molecule has 2 aromatic heterocycles. The fraction of sp³-hybridized carbons (Fsp3) is 0.357. The molecule has 216 valence electrons. The Morgan fingerprint density at radius 1 is 1.17 bits per heavy atom. The van der Waals surface area contributed by atoms with E-state index in [0.29, 0.717) is 56.2 Å². The number of carboxylic acids is 1. The van der Waals surface area contributed by atoms with E-state index in [2.05, 4.69) is 9.97 Å². The van der Waals surface area contributed by atoms with E-state index in [1.807, 2.05) is 6.92 Å². The number of alkyl halides is 2. The largest absolute Gasteiger partial charge is 0.494 e. The molecule has 0 spiro atoms. The van der Waals surface area contributed by atoms with Gasteiger partial charge < -0.3 is 23.9 Å². The molecule has 0 saturated heterocycles. The van der Waals surface area contributed by atoms with Crippen molar-refractivity contribution in [3.8, 4) is 28.8 Å². The predicted octanol–water partition coefficient (Wildman–Crippen LogP) is 6.87. The third kappa shape index (κ3) is 6.62. The van der Waals surface area contributed by atoms with Gasteiger partial charge in [0.1, 0.15) is 29.3 Å². The molecular formula is C28H26Cl2F2N4O5. The minimum atomic E-state index is -3.03. The van der Waals surface area contributed by atoms with Gasteiger partial charge in [0.25, 0.3) is 0 Å². The molecule has 5 rings (SSSR count). The second kappa shape index (κ2) is 11.7.